The molecule has 1 aromatic rings. The minimum Gasteiger partial charge on any atom is -0.465 e. The summed E-state index contributed by atoms with van der Waals surface area (Å²) in [4.78, 5) is 18.5. The second kappa shape index (κ2) is 6.15. The molecule has 0 amide bonds. The Labute approximate surface area is 114 Å². The zero-order chi connectivity index (χ0) is 13.8. The molecule has 1 aliphatic heterocycles. The maximum absolute atomic E-state index is 11.7. The molecule has 1 fully saturated rings. The number of carbonyl (C=O) groups is 1. The molecule has 0 saturated carbocycles. The third kappa shape index (κ3) is 3.32. The van der Waals surface area contributed by atoms with Crippen LogP contribution in [0, 0.1) is 5.92 Å². The van der Waals surface area contributed by atoms with Crippen LogP contribution in [0.3, 0.4) is 0 Å². The molecule has 2 atom stereocenters. The average Bonchev–Trinajstić information content (AvgIpc) is 2.42. The smallest absolute Gasteiger partial charge is 0.339 e. The molecule has 2 heterocycles. The molecule has 4 heteroatoms. The molecule has 2 unspecified atom stereocenters. The fraction of sp³-hybridized carbons (Fsp3) is 0.600. The van der Waals surface area contributed by atoms with Crippen LogP contribution in [0.15, 0.2) is 18.3 Å². The third-order valence-electron chi connectivity index (χ3n) is 3.90. The Morgan fingerprint density at radius 1 is 1.47 bits per heavy atom. The van der Waals surface area contributed by atoms with Gasteiger partial charge in [0.05, 0.1) is 18.4 Å². The van der Waals surface area contributed by atoms with Crippen LogP contribution in [-0.2, 0) is 11.3 Å². The lowest BCUT2D eigenvalue weighted by Gasteiger charge is -2.36. The van der Waals surface area contributed by atoms with Crippen molar-refractivity contribution in [2.45, 2.75) is 39.3 Å². The summed E-state index contributed by atoms with van der Waals surface area (Å²) in [5, 5.41) is 0. The van der Waals surface area contributed by atoms with Crippen LogP contribution in [0.5, 0.6) is 0 Å². The minimum atomic E-state index is -0.305. The molecule has 2 rings (SSSR count). The highest BCUT2D eigenvalue weighted by Gasteiger charge is 2.24. The van der Waals surface area contributed by atoms with Gasteiger partial charge >= 0.3 is 5.97 Å². The fourth-order valence-electron chi connectivity index (χ4n) is 2.65. The van der Waals surface area contributed by atoms with Crippen molar-refractivity contribution < 1.29 is 9.53 Å². The van der Waals surface area contributed by atoms with E-state index in [9.17, 15) is 4.79 Å². The van der Waals surface area contributed by atoms with Gasteiger partial charge in [-0.3, -0.25) is 9.88 Å². The Bertz CT molecular complexity index is 448. The molecule has 1 aliphatic rings. The van der Waals surface area contributed by atoms with E-state index >= 15 is 0 Å². The molecule has 0 radical (unpaired) electrons. The molecule has 1 saturated heterocycles. The van der Waals surface area contributed by atoms with Crippen LogP contribution in [-0.4, -0.2) is 35.5 Å². The van der Waals surface area contributed by atoms with Crippen LogP contribution in [0.1, 0.15) is 42.7 Å². The summed E-state index contributed by atoms with van der Waals surface area (Å²) in [5.74, 6) is 0.405. The van der Waals surface area contributed by atoms with Gasteiger partial charge in [0.1, 0.15) is 0 Å². The first kappa shape index (κ1) is 14.0. The highest BCUT2D eigenvalue weighted by molar-refractivity contribution is 5.90. The average molecular weight is 262 g/mol. The zero-order valence-electron chi connectivity index (χ0n) is 11.9. The molecule has 0 aliphatic carbocycles. The number of esters is 1. The maximum atomic E-state index is 11.7. The number of hydrogen-bond donors (Lipinski definition) is 0. The first-order valence-electron chi connectivity index (χ1n) is 6.88. The Kier molecular flexibility index (Phi) is 4.53. The standard InChI is InChI=1S/C15H22N2O2/c1-11-6-7-12(2)17(9-11)10-14-13(15(18)19-3)5-4-8-16-14/h4-5,8,11-12H,6-7,9-10H2,1-3H3. The van der Waals surface area contributed by atoms with Crippen molar-refractivity contribution in [3.63, 3.8) is 0 Å². The Balaban J connectivity index is 2.16. The number of methoxy groups -OCH3 is 1. The molecule has 0 bridgehead atoms. The van der Waals surface area contributed by atoms with Crippen LogP contribution >= 0.6 is 0 Å². The number of carbonyl (C=O) groups excluding carboxylic acids is 1. The van der Waals surface area contributed by atoms with Crippen molar-refractivity contribution in [2.75, 3.05) is 13.7 Å². The van der Waals surface area contributed by atoms with Crippen LogP contribution < -0.4 is 0 Å². The molecule has 4 nitrogen and oxygen atoms in total. The molecule has 0 N–H and O–H groups in total. The van der Waals surface area contributed by atoms with Gasteiger partial charge in [0, 0.05) is 25.3 Å². The number of nitrogens with zero attached hydrogens (tertiary/aromatic N) is 2. The maximum Gasteiger partial charge on any atom is 0.339 e. The fourth-order valence-corrected chi connectivity index (χ4v) is 2.65. The second-order valence-corrected chi connectivity index (χ2v) is 5.45. The molecule has 1 aromatic heterocycles. The number of hydrogen-bond acceptors (Lipinski definition) is 4. The molecular weight excluding hydrogens is 240 g/mol. The van der Waals surface area contributed by atoms with E-state index in [-0.39, 0.29) is 5.97 Å². The van der Waals surface area contributed by atoms with E-state index in [1.807, 2.05) is 0 Å². The Hall–Kier alpha value is -1.42. The van der Waals surface area contributed by atoms with E-state index in [2.05, 4.69) is 23.7 Å². The van der Waals surface area contributed by atoms with Gasteiger partial charge in [0.15, 0.2) is 0 Å². The Morgan fingerprint density at radius 2 is 2.26 bits per heavy atom. The Morgan fingerprint density at radius 3 is 3.00 bits per heavy atom. The van der Waals surface area contributed by atoms with Gasteiger partial charge in [-0.05, 0) is 37.8 Å². The normalized spacial score (nSPS) is 24.2. The summed E-state index contributed by atoms with van der Waals surface area (Å²) in [6, 6.07) is 4.10. The quantitative estimate of drug-likeness (QED) is 0.785. The molecule has 0 spiro atoms. The SMILES string of the molecule is COC(=O)c1cccnc1CN1CC(C)CCC1C. The molecule has 19 heavy (non-hydrogen) atoms. The van der Waals surface area contributed by atoms with E-state index < -0.39 is 0 Å². The first-order valence-corrected chi connectivity index (χ1v) is 6.88. The summed E-state index contributed by atoms with van der Waals surface area (Å²) in [7, 11) is 1.41. The lowest BCUT2D eigenvalue weighted by Crippen LogP contribution is -2.40. The highest BCUT2D eigenvalue weighted by atomic mass is 16.5. The monoisotopic (exact) mass is 262 g/mol. The van der Waals surface area contributed by atoms with E-state index in [0.29, 0.717) is 17.5 Å². The van der Waals surface area contributed by atoms with Gasteiger partial charge in [-0.1, -0.05) is 6.92 Å². The molecule has 0 aromatic carbocycles. The largest absolute Gasteiger partial charge is 0.465 e. The van der Waals surface area contributed by atoms with Crippen molar-refractivity contribution >= 4 is 5.97 Å². The second-order valence-electron chi connectivity index (χ2n) is 5.45. The lowest BCUT2D eigenvalue weighted by atomic mass is 9.94. The topological polar surface area (TPSA) is 42.4 Å². The highest BCUT2D eigenvalue weighted by Crippen LogP contribution is 2.23. The summed E-state index contributed by atoms with van der Waals surface area (Å²) < 4.78 is 4.82. The van der Waals surface area contributed by atoms with Crippen molar-refractivity contribution in [2.24, 2.45) is 5.92 Å². The number of pyridine rings is 1. The summed E-state index contributed by atoms with van der Waals surface area (Å²) in [5.41, 5.74) is 1.39. The van der Waals surface area contributed by atoms with Crippen molar-refractivity contribution in [1.82, 2.24) is 9.88 Å². The summed E-state index contributed by atoms with van der Waals surface area (Å²) in [6.07, 6.45) is 4.23. The molecular formula is C15H22N2O2. The number of rotatable bonds is 3. The van der Waals surface area contributed by atoms with Gasteiger partial charge in [0.2, 0.25) is 0 Å². The van der Waals surface area contributed by atoms with Crippen LogP contribution in [0.2, 0.25) is 0 Å². The zero-order valence-corrected chi connectivity index (χ0v) is 11.9. The number of aromatic nitrogens is 1. The van der Waals surface area contributed by atoms with Crippen molar-refractivity contribution in [3.05, 3.63) is 29.6 Å². The first-order chi connectivity index (χ1) is 9.11. The van der Waals surface area contributed by atoms with E-state index in [4.69, 9.17) is 4.74 Å². The van der Waals surface area contributed by atoms with Gasteiger partial charge in [-0.2, -0.15) is 0 Å². The van der Waals surface area contributed by atoms with Gasteiger partial charge in [0.25, 0.3) is 0 Å². The number of ether oxygens (including phenoxy) is 1. The number of piperidine rings is 1. The third-order valence-corrected chi connectivity index (χ3v) is 3.90. The van der Waals surface area contributed by atoms with Gasteiger partial charge < -0.3 is 4.74 Å². The summed E-state index contributed by atoms with van der Waals surface area (Å²) >= 11 is 0. The van der Waals surface area contributed by atoms with Crippen molar-refractivity contribution in [1.29, 1.82) is 0 Å². The van der Waals surface area contributed by atoms with Crippen LogP contribution in [0.4, 0.5) is 0 Å². The predicted octanol–water partition coefficient (Wildman–Crippen LogP) is 2.49. The molecule has 104 valence electrons. The van der Waals surface area contributed by atoms with E-state index in [0.717, 1.165) is 18.8 Å². The predicted molar refractivity (Wildman–Crippen MR) is 73.8 cm³/mol. The van der Waals surface area contributed by atoms with Gasteiger partial charge in [-0.15, -0.1) is 0 Å². The van der Waals surface area contributed by atoms with E-state index in [1.54, 1.807) is 18.3 Å². The van der Waals surface area contributed by atoms with Crippen LogP contribution in [0.25, 0.3) is 0 Å². The van der Waals surface area contributed by atoms with Gasteiger partial charge in [-0.25, -0.2) is 4.79 Å². The lowest BCUT2D eigenvalue weighted by molar-refractivity contribution is 0.0594. The van der Waals surface area contributed by atoms with E-state index in [1.165, 1.54) is 20.0 Å². The van der Waals surface area contributed by atoms with Crippen molar-refractivity contribution in [3.8, 4) is 0 Å². The number of likely N-dealkylation sites (tertiary alicyclic amines) is 1. The minimum absolute atomic E-state index is 0.305. The summed E-state index contributed by atoms with van der Waals surface area (Å²) in [6.45, 7) is 6.31.